The number of aliphatic imine (C=N–C) groups is 1. The van der Waals surface area contributed by atoms with E-state index in [4.69, 9.17) is 5.73 Å². The minimum Gasteiger partial charge on any atom is -0.370 e. The summed E-state index contributed by atoms with van der Waals surface area (Å²) in [5.74, 6) is 0.489. The summed E-state index contributed by atoms with van der Waals surface area (Å²) in [6, 6.07) is 0. The van der Waals surface area contributed by atoms with Crippen LogP contribution in [-0.2, 0) is 6.42 Å². The Morgan fingerprint density at radius 2 is 2.33 bits per heavy atom. The van der Waals surface area contributed by atoms with Crippen LogP contribution in [0.25, 0.3) is 0 Å². The number of thiazole rings is 1. The van der Waals surface area contributed by atoms with Crippen molar-refractivity contribution in [1.29, 1.82) is 0 Å². The van der Waals surface area contributed by atoms with Crippen molar-refractivity contribution in [2.75, 3.05) is 13.1 Å². The molecule has 1 heterocycles. The molecule has 6 heteroatoms. The molecule has 0 spiro atoms. The van der Waals surface area contributed by atoms with Crippen LogP contribution in [0.2, 0.25) is 0 Å². The maximum atomic E-state index is 5.69. The van der Waals surface area contributed by atoms with Crippen LogP contribution in [0.15, 0.2) is 22.5 Å². The van der Waals surface area contributed by atoms with Crippen molar-refractivity contribution in [2.24, 2.45) is 10.7 Å². The van der Waals surface area contributed by atoms with Crippen molar-refractivity contribution in [3.8, 4) is 0 Å². The van der Waals surface area contributed by atoms with E-state index in [1.165, 1.54) is 5.01 Å². The number of hydrogen-bond acceptors (Lipinski definition) is 3. The molecular weight excluding hydrogens is 359 g/mol. The Morgan fingerprint density at radius 1 is 1.61 bits per heavy atom. The van der Waals surface area contributed by atoms with Gasteiger partial charge < -0.3 is 11.1 Å². The molecule has 4 nitrogen and oxygen atoms in total. The fraction of sp³-hybridized carbons (Fsp3) is 0.500. The van der Waals surface area contributed by atoms with E-state index in [1.807, 2.05) is 13.8 Å². The first-order valence-corrected chi connectivity index (χ1v) is 6.55. The number of aryl methyl sites for hydroxylation is 2. The lowest BCUT2D eigenvalue weighted by Crippen LogP contribution is -2.32. The normalized spacial score (nSPS) is 10.9. The second-order valence-corrected chi connectivity index (χ2v) is 5.01. The highest BCUT2D eigenvalue weighted by Gasteiger charge is 1.98. The van der Waals surface area contributed by atoms with E-state index in [1.54, 1.807) is 11.3 Å². The SMILES string of the molecule is C=C(C)CN=C(N)NCCCc1nc(C)cs1.I. The Hall–Kier alpha value is -0.630. The van der Waals surface area contributed by atoms with Crippen LogP contribution in [-0.4, -0.2) is 24.0 Å². The number of rotatable bonds is 6. The van der Waals surface area contributed by atoms with Crippen LogP contribution in [0.3, 0.4) is 0 Å². The van der Waals surface area contributed by atoms with Crippen LogP contribution >= 0.6 is 35.3 Å². The summed E-state index contributed by atoms with van der Waals surface area (Å²) in [5, 5.41) is 6.34. The molecule has 0 fully saturated rings. The molecule has 1 rings (SSSR count). The zero-order chi connectivity index (χ0) is 12.7. The first-order chi connectivity index (χ1) is 8.08. The maximum Gasteiger partial charge on any atom is 0.188 e. The van der Waals surface area contributed by atoms with Gasteiger partial charge in [-0.2, -0.15) is 0 Å². The third-order valence-electron chi connectivity index (χ3n) is 2.06. The molecule has 102 valence electrons. The fourth-order valence-electron chi connectivity index (χ4n) is 1.25. The maximum absolute atomic E-state index is 5.69. The summed E-state index contributed by atoms with van der Waals surface area (Å²) in [5.41, 5.74) is 7.80. The van der Waals surface area contributed by atoms with Gasteiger partial charge >= 0.3 is 0 Å². The Balaban J connectivity index is 0.00000289. The molecule has 0 aliphatic heterocycles. The molecule has 0 saturated heterocycles. The number of nitrogens with one attached hydrogen (secondary N) is 1. The molecule has 18 heavy (non-hydrogen) atoms. The molecule has 0 atom stereocenters. The summed E-state index contributed by atoms with van der Waals surface area (Å²) in [7, 11) is 0. The van der Waals surface area contributed by atoms with E-state index < -0.39 is 0 Å². The highest BCUT2D eigenvalue weighted by Crippen LogP contribution is 2.10. The fourth-order valence-corrected chi connectivity index (χ4v) is 2.07. The molecule has 0 aromatic carbocycles. The van der Waals surface area contributed by atoms with Crippen LogP contribution in [0.5, 0.6) is 0 Å². The molecule has 1 aromatic heterocycles. The van der Waals surface area contributed by atoms with Gasteiger partial charge in [0.1, 0.15) is 0 Å². The van der Waals surface area contributed by atoms with Crippen molar-refractivity contribution in [3.05, 3.63) is 28.2 Å². The Morgan fingerprint density at radius 3 is 2.89 bits per heavy atom. The van der Waals surface area contributed by atoms with Gasteiger partial charge in [-0.05, 0) is 20.3 Å². The molecule has 0 amide bonds. The Labute approximate surface area is 130 Å². The van der Waals surface area contributed by atoms with Gasteiger partial charge in [0.15, 0.2) is 5.96 Å². The third kappa shape index (κ3) is 7.65. The van der Waals surface area contributed by atoms with Gasteiger partial charge in [-0.1, -0.05) is 12.2 Å². The number of nitrogens with two attached hydrogens (primary N) is 1. The third-order valence-corrected chi connectivity index (χ3v) is 3.09. The first-order valence-electron chi connectivity index (χ1n) is 5.67. The molecule has 1 aromatic rings. The van der Waals surface area contributed by atoms with Gasteiger partial charge in [-0.15, -0.1) is 35.3 Å². The summed E-state index contributed by atoms with van der Waals surface area (Å²) in [6.07, 6.45) is 2.00. The molecule has 0 unspecified atom stereocenters. The summed E-state index contributed by atoms with van der Waals surface area (Å²) in [6.45, 7) is 9.13. The lowest BCUT2D eigenvalue weighted by atomic mass is 10.3. The quantitative estimate of drug-likeness (QED) is 0.262. The lowest BCUT2D eigenvalue weighted by molar-refractivity contribution is 0.762. The summed E-state index contributed by atoms with van der Waals surface area (Å²) in [4.78, 5) is 8.55. The van der Waals surface area contributed by atoms with Crippen molar-refractivity contribution in [1.82, 2.24) is 10.3 Å². The molecule has 0 aliphatic carbocycles. The van der Waals surface area contributed by atoms with Crippen molar-refractivity contribution in [2.45, 2.75) is 26.7 Å². The van der Waals surface area contributed by atoms with Crippen LogP contribution in [0, 0.1) is 6.92 Å². The predicted octanol–water partition coefficient (Wildman–Crippen LogP) is 2.48. The minimum absolute atomic E-state index is 0. The molecule has 0 saturated carbocycles. The van der Waals surface area contributed by atoms with Gasteiger partial charge in [0.05, 0.1) is 11.6 Å². The second kappa shape index (κ2) is 9.32. The van der Waals surface area contributed by atoms with E-state index in [0.717, 1.165) is 30.7 Å². The number of nitrogens with zero attached hydrogens (tertiary/aromatic N) is 2. The van der Waals surface area contributed by atoms with Gasteiger partial charge in [0, 0.05) is 24.0 Å². The number of guanidine groups is 1. The van der Waals surface area contributed by atoms with E-state index in [-0.39, 0.29) is 24.0 Å². The number of hydrogen-bond donors (Lipinski definition) is 2. The minimum atomic E-state index is 0. The highest BCUT2D eigenvalue weighted by molar-refractivity contribution is 14.0. The molecule has 0 bridgehead atoms. The van der Waals surface area contributed by atoms with Crippen molar-refractivity contribution in [3.63, 3.8) is 0 Å². The first kappa shape index (κ1) is 17.4. The molecule has 0 radical (unpaired) electrons. The van der Waals surface area contributed by atoms with Crippen LogP contribution < -0.4 is 11.1 Å². The second-order valence-electron chi connectivity index (χ2n) is 4.07. The van der Waals surface area contributed by atoms with Crippen molar-refractivity contribution < 1.29 is 0 Å². The Kier molecular flexibility index (Phi) is 8.99. The molecule has 0 aliphatic rings. The zero-order valence-electron chi connectivity index (χ0n) is 10.9. The predicted molar refractivity (Wildman–Crippen MR) is 89.9 cm³/mol. The van der Waals surface area contributed by atoms with Crippen molar-refractivity contribution >= 4 is 41.3 Å². The standard InChI is InChI=1S/C12H20N4S.HI/c1-9(2)7-15-12(13)14-6-4-5-11-16-10(3)8-17-11;/h8H,1,4-7H2,2-3H3,(H3,13,14,15);1H. The number of halogens is 1. The lowest BCUT2D eigenvalue weighted by Gasteiger charge is -2.04. The summed E-state index contributed by atoms with van der Waals surface area (Å²) < 4.78 is 0. The monoisotopic (exact) mass is 380 g/mol. The highest BCUT2D eigenvalue weighted by atomic mass is 127. The van der Waals surface area contributed by atoms with Gasteiger partial charge in [0.2, 0.25) is 0 Å². The molecular formula is C12H21IN4S. The largest absolute Gasteiger partial charge is 0.370 e. The van der Waals surface area contributed by atoms with Gasteiger partial charge in [0.25, 0.3) is 0 Å². The van der Waals surface area contributed by atoms with E-state index >= 15 is 0 Å². The van der Waals surface area contributed by atoms with Crippen LogP contribution in [0.4, 0.5) is 0 Å². The van der Waals surface area contributed by atoms with Gasteiger partial charge in [-0.3, -0.25) is 0 Å². The zero-order valence-corrected chi connectivity index (χ0v) is 14.0. The Bertz CT molecular complexity index is 401. The average Bonchev–Trinajstić information content (AvgIpc) is 2.68. The summed E-state index contributed by atoms with van der Waals surface area (Å²) >= 11 is 1.71. The van der Waals surface area contributed by atoms with Crippen LogP contribution in [0.1, 0.15) is 24.0 Å². The average molecular weight is 380 g/mol. The van der Waals surface area contributed by atoms with E-state index in [0.29, 0.717) is 12.5 Å². The number of aromatic nitrogens is 1. The van der Waals surface area contributed by atoms with Gasteiger partial charge in [-0.25, -0.2) is 9.98 Å². The topological polar surface area (TPSA) is 63.3 Å². The van der Waals surface area contributed by atoms with E-state index in [9.17, 15) is 0 Å². The molecule has 3 N–H and O–H groups in total. The smallest absolute Gasteiger partial charge is 0.188 e. The van der Waals surface area contributed by atoms with E-state index in [2.05, 4.69) is 27.3 Å².